The molecule has 3 aromatic carbocycles. The van der Waals surface area contributed by atoms with Gasteiger partial charge in [0.05, 0.1) is 23.3 Å². The maximum atomic E-state index is 13.3. The van der Waals surface area contributed by atoms with E-state index in [-0.39, 0.29) is 22.7 Å². The van der Waals surface area contributed by atoms with E-state index >= 15 is 0 Å². The van der Waals surface area contributed by atoms with Crippen LogP contribution in [-0.4, -0.2) is 32.8 Å². The molecule has 1 N–H and O–H groups in total. The molecule has 0 saturated carbocycles. The SMILES string of the molecule is COc1ccc(C(=O)Nc2ccccc2C(F)(F)F)cc1CN(C)S(=O)(=O)c1ccc(C)cc1. The Balaban J connectivity index is 1.88. The number of amides is 1. The molecule has 0 unspecified atom stereocenters. The number of aryl methyl sites for hydroxylation is 1. The van der Waals surface area contributed by atoms with E-state index in [9.17, 15) is 26.4 Å². The number of carbonyl (C=O) groups is 1. The van der Waals surface area contributed by atoms with Crippen molar-refractivity contribution in [1.29, 1.82) is 0 Å². The van der Waals surface area contributed by atoms with Gasteiger partial charge in [-0.2, -0.15) is 17.5 Å². The van der Waals surface area contributed by atoms with Crippen molar-refractivity contribution < 1.29 is 31.1 Å². The van der Waals surface area contributed by atoms with Gasteiger partial charge < -0.3 is 10.1 Å². The van der Waals surface area contributed by atoms with Crippen LogP contribution in [0.15, 0.2) is 71.6 Å². The lowest BCUT2D eigenvalue weighted by Gasteiger charge is -2.20. The van der Waals surface area contributed by atoms with E-state index in [2.05, 4.69) is 5.32 Å². The van der Waals surface area contributed by atoms with Gasteiger partial charge in [-0.15, -0.1) is 0 Å². The van der Waals surface area contributed by atoms with Crippen molar-refractivity contribution in [2.24, 2.45) is 0 Å². The molecule has 0 spiro atoms. The summed E-state index contributed by atoms with van der Waals surface area (Å²) in [5.74, 6) is -0.442. The zero-order valence-corrected chi connectivity index (χ0v) is 19.5. The minimum Gasteiger partial charge on any atom is -0.496 e. The number of alkyl halides is 3. The summed E-state index contributed by atoms with van der Waals surface area (Å²) in [5.41, 5.74) is -0.0159. The van der Waals surface area contributed by atoms with Crippen molar-refractivity contribution in [2.45, 2.75) is 24.5 Å². The van der Waals surface area contributed by atoms with Gasteiger partial charge in [0, 0.05) is 24.7 Å². The van der Waals surface area contributed by atoms with Crippen molar-refractivity contribution in [2.75, 3.05) is 19.5 Å². The number of rotatable bonds is 7. The van der Waals surface area contributed by atoms with Crippen LogP contribution in [0.5, 0.6) is 5.75 Å². The molecule has 180 valence electrons. The van der Waals surface area contributed by atoms with Gasteiger partial charge in [-0.25, -0.2) is 8.42 Å². The first kappa shape index (κ1) is 25.3. The summed E-state index contributed by atoms with van der Waals surface area (Å²) in [5, 5.41) is 2.28. The molecular weight excluding hydrogens is 469 g/mol. The Bertz CT molecular complexity index is 1290. The molecule has 1 amide bonds. The molecule has 0 aliphatic rings. The first-order valence-corrected chi connectivity index (χ1v) is 11.5. The zero-order valence-electron chi connectivity index (χ0n) is 18.7. The second-order valence-electron chi connectivity index (χ2n) is 7.60. The van der Waals surface area contributed by atoms with E-state index in [0.717, 1.165) is 22.0 Å². The number of benzene rings is 3. The topological polar surface area (TPSA) is 75.7 Å². The second kappa shape index (κ2) is 9.86. The fraction of sp³-hybridized carbons (Fsp3) is 0.208. The lowest BCUT2D eigenvalue weighted by atomic mass is 10.1. The molecule has 0 aliphatic carbocycles. The fourth-order valence-corrected chi connectivity index (χ4v) is 4.44. The number of sulfonamides is 1. The number of hydrogen-bond acceptors (Lipinski definition) is 4. The molecule has 34 heavy (non-hydrogen) atoms. The van der Waals surface area contributed by atoms with E-state index in [1.54, 1.807) is 12.1 Å². The van der Waals surface area contributed by atoms with Crippen LogP contribution in [0.25, 0.3) is 0 Å². The lowest BCUT2D eigenvalue weighted by Crippen LogP contribution is -2.27. The average Bonchev–Trinajstić information content (AvgIpc) is 2.79. The van der Waals surface area contributed by atoms with E-state index in [4.69, 9.17) is 4.74 Å². The maximum absolute atomic E-state index is 13.3. The van der Waals surface area contributed by atoms with E-state index < -0.39 is 27.7 Å². The van der Waals surface area contributed by atoms with Gasteiger partial charge in [0.1, 0.15) is 5.75 Å². The normalized spacial score (nSPS) is 12.0. The highest BCUT2D eigenvalue weighted by atomic mass is 32.2. The van der Waals surface area contributed by atoms with Crippen LogP contribution in [0.2, 0.25) is 0 Å². The standard InChI is InChI=1S/C24H23F3N2O4S/c1-16-8-11-19(12-9-16)34(31,32)29(2)15-18-14-17(10-13-22(18)33-3)23(30)28-21-7-5-4-6-20(21)24(25,26)27/h4-14H,15H2,1-3H3,(H,28,30). The first-order valence-electron chi connectivity index (χ1n) is 10.1. The van der Waals surface area contributed by atoms with E-state index in [1.165, 1.54) is 56.6 Å². The Morgan fingerprint density at radius 1 is 1.03 bits per heavy atom. The molecule has 10 heteroatoms. The molecule has 0 saturated heterocycles. The summed E-state index contributed by atoms with van der Waals surface area (Å²) in [6.07, 6.45) is -4.64. The monoisotopic (exact) mass is 492 g/mol. The van der Waals surface area contributed by atoms with Crippen LogP contribution >= 0.6 is 0 Å². The van der Waals surface area contributed by atoms with Crippen LogP contribution in [0, 0.1) is 6.92 Å². The second-order valence-corrected chi connectivity index (χ2v) is 9.64. The van der Waals surface area contributed by atoms with Crippen LogP contribution in [0.4, 0.5) is 18.9 Å². The molecule has 0 heterocycles. The number of ether oxygens (including phenoxy) is 1. The van der Waals surface area contributed by atoms with Crippen LogP contribution in [-0.2, 0) is 22.7 Å². The Labute approximate surface area is 196 Å². The highest BCUT2D eigenvalue weighted by molar-refractivity contribution is 7.89. The molecule has 6 nitrogen and oxygen atoms in total. The largest absolute Gasteiger partial charge is 0.496 e. The minimum atomic E-state index is -4.64. The Morgan fingerprint density at radius 3 is 2.29 bits per heavy atom. The fourth-order valence-electron chi connectivity index (χ4n) is 3.29. The van der Waals surface area contributed by atoms with Crippen LogP contribution in [0.1, 0.15) is 27.0 Å². The van der Waals surface area contributed by atoms with E-state index in [1.807, 2.05) is 6.92 Å². The minimum absolute atomic E-state index is 0.0499. The molecule has 3 aromatic rings. The predicted molar refractivity (Wildman–Crippen MR) is 122 cm³/mol. The van der Waals surface area contributed by atoms with Gasteiger partial charge in [-0.05, 0) is 49.4 Å². The molecule has 0 aliphatic heterocycles. The Hall–Kier alpha value is -3.37. The van der Waals surface area contributed by atoms with Crippen molar-refractivity contribution in [3.05, 3.63) is 89.0 Å². The van der Waals surface area contributed by atoms with E-state index in [0.29, 0.717) is 11.3 Å². The summed E-state index contributed by atoms with van der Waals surface area (Å²) < 4.78 is 72.0. The average molecular weight is 493 g/mol. The van der Waals surface area contributed by atoms with Gasteiger partial charge in [-0.3, -0.25) is 4.79 Å². The summed E-state index contributed by atoms with van der Waals surface area (Å²) in [6.45, 7) is 1.72. The summed E-state index contributed by atoms with van der Waals surface area (Å²) in [7, 11) is -1.05. The number of methoxy groups -OCH3 is 1. The number of para-hydroxylation sites is 1. The van der Waals surface area contributed by atoms with Gasteiger partial charge in [0.2, 0.25) is 10.0 Å². The number of nitrogens with one attached hydrogen (secondary N) is 1. The lowest BCUT2D eigenvalue weighted by molar-refractivity contribution is -0.136. The number of hydrogen-bond donors (Lipinski definition) is 1. The first-order chi connectivity index (χ1) is 15.9. The van der Waals surface area contributed by atoms with Crippen molar-refractivity contribution >= 4 is 21.6 Å². The number of nitrogens with zero attached hydrogens (tertiary/aromatic N) is 1. The van der Waals surface area contributed by atoms with Gasteiger partial charge in [0.15, 0.2) is 0 Å². The third-order valence-electron chi connectivity index (χ3n) is 5.15. The highest BCUT2D eigenvalue weighted by Gasteiger charge is 2.33. The van der Waals surface area contributed by atoms with Gasteiger partial charge in [-0.1, -0.05) is 29.8 Å². The highest BCUT2D eigenvalue weighted by Crippen LogP contribution is 2.35. The Kier molecular flexibility index (Phi) is 7.32. The molecule has 0 radical (unpaired) electrons. The molecule has 0 bridgehead atoms. The number of anilines is 1. The smallest absolute Gasteiger partial charge is 0.418 e. The van der Waals surface area contributed by atoms with Crippen LogP contribution < -0.4 is 10.1 Å². The predicted octanol–water partition coefficient (Wildman–Crippen LogP) is 5.10. The summed E-state index contributed by atoms with van der Waals surface area (Å²) >= 11 is 0. The maximum Gasteiger partial charge on any atom is 0.418 e. The quantitative estimate of drug-likeness (QED) is 0.498. The number of halogens is 3. The van der Waals surface area contributed by atoms with Gasteiger partial charge in [0.25, 0.3) is 5.91 Å². The van der Waals surface area contributed by atoms with Crippen molar-refractivity contribution in [3.8, 4) is 5.75 Å². The third kappa shape index (κ3) is 5.57. The molecule has 0 fully saturated rings. The Morgan fingerprint density at radius 2 is 1.68 bits per heavy atom. The molecule has 0 aromatic heterocycles. The van der Waals surface area contributed by atoms with Crippen molar-refractivity contribution in [3.63, 3.8) is 0 Å². The molecule has 3 rings (SSSR count). The number of carbonyl (C=O) groups excluding carboxylic acids is 1. The van der Waals surface area contributed by atoms with Crippen molar-refractivity contribution in [1.82, 2.24) is 4.31 Å². The van der Waals surface area contributed by atoms with Gasteiger partial charge >= 0.3 is 6.18 Å². The third-order valence-corrected chi connectivity index (χ3v) is 6.96. The zero-order chi connectivity index (χ0) is 25.1. The molecule has 0 atom stereocenters. The molecular formula is C24H23F3N2O4S. The summed E-state index contributed by atoms with van der Waals surface area (Å²) in [4.78, 5) is 12.8. The van der Waals surface area contributed by atoms with Crippen LogP contribution in [0.3, 0.4) is 0 Å². The summed E-state index contributed by atoms with van der Waals surface area (Å²) in [6, 6.07) is 15.3.